The number of para-hydroxylation sites is 4. The highest BCUT2D eigenvalue weighted by Gasteiger charge is 2.41. The van der Waals surface area contributed by atoms with Crippen molar-refractivity contribution in [2.24, 2.45) is 0 Å². The number of hydrogen-bond acceptors (Lipinski definition) is 2. The first-order chi connectivity index (χ1) is 53.5. The lowest BCUT2D eigenvalue weighted by atomic mass is 9.85. The molecule has 0 atom stereocenters. The number of benzene rings is 11. The van der Waals surface area contributed by atoms with Crippen LogP contribution in [0.2, 0.25) is 0 Å². The van der Waals surface area contributed by atoms with E-state index < -0.39 is 216 Å². The van der Waals surface area contributed by atoms with Crippen molar-refractivity contribution in [1.29, 1.82) is 0 Å². The van der Waals surface area contributed by atoms with E-state index in [0.29, 0.717) is 27.6 Å². The minimum Gasteiger partial charge on any atom is -0.458 e. The third-order valence-corrected chi connectivity index (χ3v) is 18.2. The van der Waals surface area contributed by atoms with Crippen LogP contribution in [-0.2, 0) is 5.41 Å². The third kappa shape index (κ3) is 9.14. The van der Waals surface area contributed by atoms with Crippen LogP contribution in [0.1, 0.15) is 74.4 Å². The number of rotatable bonds is 12. The smallest absolute Gasteiger partial charge is 0.269 e. The first-order valence-electron chi connectivity index (χ1n) is 41.5. The Morgan fingerprint density at radius 3 is 1.77 bits per heavy atom. The lowest BCUT2D eigenvalue weighted by Gasteiger charge is -2.34. The first kappa shape index (κ1) is 27.5. The van der Waals surface area contributed by atoms with Gasteiger partial charge in [0, 0.05) is 32.7 Å². The molecule has 398 valence electrons. The Labute approximate surface area is 529 Å². The summed E-state index contributed by atoms with van der Waals surface area (Å²) in [6.45, 7) is 2.18. The Hall–Kier alpha value is -10.1. The molecule has 0 radical (unpaired) electrons. The van der Waals surface area contributed by atoms with E-state index in [1.165, 1.54) is 35.0 Å². The second-order valence-electron chi connectivity index (χ2n) is 20.2. The van der Waals surface area contributed by atoms with E-state index in [9.17, 15) is 19.2 Å². The largest absolute Gasteiger partial charge is 0.458 e. The standard InChI is InChI=1S/C77H60N4OSi/c1-54-47-75(78-52-70(54)55-25-9-5-10-26-55)81-71-42-18-17-39-68(71)69-46-45-61(51-74(69)81)82-60-31-23-30-59(50-60)79-53-80(73-44-20-19-43-72(73)79)76-66(56-27-21-29-58(48-56)77(2,3)4)40-24-41-67(76)57-28-22-38-65(49-57)83(62-32-11-6-12-33-62,63-34-13-7-14-35-63)64-36-15-8-16-37-64/h5-52H,1-4H3/i1D3,5D,6D,7D,8D,9D,10D,11D,12D,13D,14D,15D,16D,21D,22D,25D,26D,27D,28D,29D,32D,33D,34D,35D,36D,37D,38D,48D,49D. The Morgan fingerprint density at radius 2 is 1.08 bits per heavy atom. The summed E-state index contributed by atoms with van der Waals surface area (Å²) in [5.41, 5.74) is -1.68. The zero-order chi connectivity index (χ0) is 82.9. The quantitative estimate of drug-likeness (QED) is 0.0529. The van der Waals surface area contributed by atoms with Crippen LogP contribution in [0.15, 0.2) is 291 Å². The van der Waals surface area contributed by atoms with Crippen LogP contribution in [0.3, 0.4) is 0 Å². The highest BCUT2D eigenvalue weighted by molar-refractivity contribution is 7.19. The summed E-state index contributed by atoms with van der Waals surface area (Å²) in [6.07, 6.45) is 4.55. The maximum absolute atomic E-state index is 10.9. The van der Waals surface area contributed by atoms with Gasteiger partial charge in [-0.1, -0.05) is 257 Å². The number of aryl methyl sites for hydroxylation is 1. The maximum Gasteiger partial charge on any atom is 0.269 e. The highest BCUT2D eigenvalue weighted by Crippen LogP contribution is 2.39. The van der Waals surface area contributed by atoms with Crippen molar-refractivity contribution in [2.75, 3.05) is 0 Å². The molecule has 0 saturated carbocycles. The number of aromatic nitrogens is 4. The molecule has 6 heteroatoms. The third-order valence-electron chi connectivity index (χ3n) is 14.2. The molecule has 5 nitrogen and oxygen atoms in total. The van der Waals surface area contributed by atoms with Crippen molar-refractivity contribution in [3.63, 3.8) is 0 Å². The fourth-order valence-electron chi connectivity index (χ4n) is 10.4. The molecule has 3 heterocycles. The van der Waals surface area contributed by atoms with Gasteiger partial charge in [0.15, 0.2) is 8.07 Å². The number of imidazole rings is 1. The molecule has 83 heavy (non-hydrogen) atoms. The summed E-state index contributed by atoms with van der Waals surface area (Å²) >= 11 is 0. The second kappa shape index (κ2) is 21.1. The predicted molar refractivity (Wildman–Crippen MR) is 346 cm³/mol. The van der Waals surface area contributed by atoms with Gasteiger partial charge in [-0.15, -0.1) is 0 Å². The summed E-state index contributed by atoms with van der Waals surface area (Å²) in [7, 11) is -6.41. The number of pyridine rings is 1. The molecule has 14 aromatic rings. The summed E-state index contributed by atoms with van der Waals surface area (Å²) in [5, 5.41) is -2.86. The Morgan fingerprint density at radius 1 is 0.506 bits per heavy atom. The maximum atomic E-state index is 10.9. The van der Waals surface area contributed by atoms with Crippen LogP contribution in [-0.4, -0.2) is 22.2 Å². The molecule has 0 aliphatic heterocycles. The van der Waals surface area contributed by atoms with Gasteiger partial charge in [-0.2, -0.15) is 0 Å². The summed E-state index contributed by atoms with van der Waals surface area (Å²) < 4.78 is 299. The van der Waals surface area contributed by atoms with Crippen LogP contribution in [0.5, 0.6) is 11.5 Å². The van der Waals surface area contributed by atoms with Gasteiger partial charge in [-0.25, -0.2) is 4.98 Å². The summed E-state index contributed by atoms with van der Waals surface area (Å²) in [4.78, 5) is 4.69. The number of fused-ring (bicyclic) bond motifs is 4. The van der Waals surface area contributed by atoms with Gasteiger partial charge < -0.3 is 4.74 Å². The van der Waals surface area contributed by atoms with Crippen LogP contribution >= 0.6 is 0 Å². The molecule has 0 unspecified atom stereocenters. The van der Waals surface area contributed by atoms with Gasteiger partial charge in [0.1, 0.15) is 17.3 Å². The molecule has 0 N–H and O–H groups in total. The van der Waals surface area contributed by atoms with E-state index in [1.807, 2.05) is 12.1 Å². The molecule has 0 spiro atoms. The van der Waals surface area contributed by atoms with Crippen LogP contribution in [0.4, 0.5) is 0 Å². The monoisotopic (exact) mass is 1120 g/mol. The van der Waals surface area contributed by atoms with Crippen molar-refractivity contribution in [1.82, 2.24) is 14.1 Å². The molecule has 11 aromatic carbocycles. The molecule has 0 aliphatic carbocycles. The van der Waals surface area contributed by atoms with E-state index in [-0.39, 0.29) is 67.5 Å². The highest BCUT2D eigenvalue weighted by atomic mass is 28.3. The fourth-order valence-corrected chi connectivity index (χ4v) is 14.0. The van der Waals surface area contributed by atoms with Gasteiger partial charge in [0.2, 0.25) is 0 Å². The minimum absolute atomic E-state index is 0.00961. The zero-order valence-electron chi connectivity index (χ0n) is 75.2. The number of nitrogens with zero attached hydrogens (tertiary/aromatic N) is 4. The molecular weight excluding hydrogens is 1020 g/mol. The molecular formula is C77H60N4OSi. The lowest BCUT2D eigenvalue weighted by molar-refractivity contribution is -0.571. The number of hydrogen-bond donors (Lipinski definition) is 0. The molecule has 14 rings (SSSR count). The van der Waals surface area contributed by atoms with Crippen molar-refractivity contribution in [2.45, 2.75) is 33.0 Å². The van der Waals surface area contributed by atoms with Crippen molar-refractivity contribution < 1.29 is 51.8 Å². The average molecular weight is 1120 g/mol. The summed E-state index contributed by atoms with van der Waals surface area (Å²) in [5.74, 6) is 0.540. The normalized spacial score (nSPS) is 17.3. The van der Waals surface area contributed by atoms with E-state index in [1.54, 1.807) is 109 Å². The second-order valence-corrected chi connectivity index (χ2v) is 23.7. The Balaban J connectivity index is 1.04. The fraction of sp³-hybridized carbons (Fsp3) is 0.0649. The summed E-state index contributed by atoms with van der Waals surface area (Å²) in [6, 6.07) is 3.95. The van der Waals surface area contributed by atoms with Gasteiger partial charge in [0.25, 0.3) is 6.33 Å². The van der Waals surface area contributed by atoms with Crippen LogP contribution in [0, 0.1) is 13.2 Å². The minimum atomic E-state index is -6.41. The zero-order valence-corrected chi connectivity index (χ0v) is 45.2. The lowest BCUT2D eigenvalue weighted by Crippen LogP contribution is -2.74. The molecule has 0 fully saturated rings. The van der Waals surface area contributed by atoms with E-state index in [4.69, 9.17) is 33.0 Å². The van der Waals surface area contributed by atoms with E-state index in [2.05, 4.69) is 6.33 Å². The first-order valence-corrected chi connectivity index (χ1v) is 28.0. The molecule has 0 aliphatic rings. The Bertz CT molecular complexity index is 6280. The predicted octanol–water partition coefficient (Wildman–Crippen LogP) is 16.0. The van der Waals surface area contributed by atoms with Gasteiger partial charge in [0.05, 0.1) is 71.8 Å². The Kier molecular flexibility index (Phi) is 6.99. The molecule has 0 amide bonds. The number of ether oxygens (including phenoxy) is 1. The molecule has 0 bridgehead atoms. The molecule has 0 saturated heterocycles. The topological polar surface area (TPSA) is 35.9 Å². The van der Waals surface area contributed by atoms with Crippen molar-refractivity contribution in [3.05, 3.63) is 308 Å². The van der Waals surface area contributed by atoms with E-state index >= 15 is 0 Å². The van der Waals surface area contributed by atoms with Crippen molar-refractivity contribution >= 4 is 61.7 Å². The van der Waals surface area contributed by atoms with Crippen molar-refractivity contribution in [3.8, 4) is 62.1 Å². The van der Waals surface area contributed by atoms with Gasteiger partial charge in [-0.3, -0.25) is 13.7 Å². The average Bonchev–Trinajstić information content (AvgIpc) is 0.864. The van der Waals surface area contributed by atoms with E-state index in [0.717, 1.165) is 5.39 Å². The molecule has 3 aromatic heterocycles. The van der Waals surface area contributed by atoms with Crippen LogP contribution in [0.25, 0.3) is 83.4 Å². The SMILES string of the molecule is [2H]c1c([2H])c([2H])c(-c2cnc(-n3c4ccccc4c4ccc(Oc5cccc(-n6[c-][n+](-c7c(-c8c([2H])c([2H])c([2H])c(C(C)(C)C)c8[2H])cccc7-c7c([2H])c([2H])c([2H])c([Si](c8c([2H])c([2H])c([2H])c([2H])c8[2H])(c8c([2H])c([2H])c([2H])c([2H])c8[2H])c8c([2H])c([2H])c([2H])c([2H])c8[2H])c7[2H])c7ccccc76)c5)cc43)cc2C([2H])([2H])[2H])c([2H])c1[2H]. The van der Waals surface area contributed by atoms with Crippen LogP contribution < -0.4 is 30.1 Å². The van der Waals surface area contributed by atoms with Gasteiger partial charge >= 0.3 is 0 Å². The van der Waals surface area contributed by atoms with Gasteiger partial charge in [-0.05, 0) is 114 Å².